The minimum atomic E-state index is -3.52. The van der Waals surface area contributed by atoms with Crippen molar-refractivity contribution in [1.82, 2.24) is 0 Å². The Morgan fingerprint density at radius 1 is 1.28 bits per heavy atom. The highest BCUT2D eigenvalue weighted by molar-refractivity contribution is 7.92. The molecule has 0 spiro atoms. The van der Waals surface area contributed by atoms with Crippen LogP contribution in [0.4, 0.5) is 11.4 Å². The molecule has 29 heavy (non-hydrogen) atoms. The van der Waals surface area contributed by atoms with E-state index in [1.54, 1.807) is 18.2 Å². The molecule has 6 nitrogen and oxygen atoms in total. The molecular weight excluding hydrogens is 412 g/mol. The first-order chi connectivity index (χ1) is 13.7. The molecule has 0 aromatic heterocycles. The molecular formula is C21H25ClN2O4S. The van der Waals surface area contributed by atoms with Gasteiger partial charge in [0.15, 0.2) is 0 Å². The highest BCUT2D eigenvalue weighted by atomic mass is 35.5. The predicted octanol–water partition coefficient (Wildman–Crippen LogP) is 3.87. The van der Waals surface area contributed by atoms with Crippen molar-refractivity contribution in [3.63, 3.8) is 0 Å². The minimum absolute atomic E-state index is 0.00339. The van der Waals surface area contributed by atoms with Crippen LogP contribution in [0.15, 0.2) is 42.5 Å². The van der Waals surface area contributed by atoms with Crippen LogP contribution in [0.5, 0.6) is 5.75 Å². The Morgan fingerprint density at radius 2 is 2.00 bits per heavy atom. The largest absolute Gasteiger partial charge is 0.495 e. The molecule has 2 aromatic carbocycles. The Balaban J connectivity index is 1.70. The van der Waals surface area contributed by atoms with Gasteiger partial charge in [0.2, 0.25) is 15.9 Å². The predicted molar refractivity (Wildman–Crippen MR) is 117 cm³/mol. The molecule has 0 saturated heterocycles. The SMILES string of the molecule is COc1ccc(N(CCCC(=O)N2c3ccccc3C[C@H]2C)S(C)(=O)=O)cc1Cl. The summed E-state index contributed by atoms with van der Waals surface area (Å²) in [5.74, 6) is 0.476. The van der Waals surface area contributed by atoms with Crippen LogP contribution in [0.2, 0.25) is 5.02 Å². The summed E-state index contributed by atoms with van der Waals surface area (Å²) in [5, 5.41) is 0.331. The third-order valence-electron chi connectivity index (χ3n) is 5.05. The average Bonchev–Trinajstić information content (AvgIpc) is 2.99. The molecule has 0 radical (unpaired) electrons. The number of halogens is 1. The summed E-state index contributed by atoms with van der Waals surface area (Å²) < 4.78 is 31.0. The van der Waals surface area contributed by atoms with Crippen molar-refractivity contribution >= 4 is 38.9 Å². The van der Waals surface area contributed by atoms with Gasteiger partial charge in [0.1, 0.15) is 5.75 Å². The van der Waals surface area contributed by atoms with E-state index < -0.39 is 10.0 Å². The number of sulfonamides is 1. The molecule has 1 heterocycles. The fourth-order valence-electron chi connectivity index (χ4n) is 3.74. The van der Waals surface area contributed by atoms with E-state index in [1.165, 1.54) is 17.0 Å². The van der Waals surface area contributed by atoms with Gasteiger partial charge in [-0.2, -0.15) is 0 Å². The zero-order valence-electron chi connectivity index (χ0n) is 16.8. The second-order valence-electron chi connectivity index (χ2n) is 7.20. The monoisotopic (exact) mass is 436 g/mol. The lowest BCUT2D eigenvalue weighted by atomic mass is 10.1. The fraction of sp³-hybridized carbons (Fsp3) is 0.381. The van der Waals surface area contributed by atoms with Crippen molar-refractivity contribution < 1.29 is 17.9 Å². The summed E-state index contributed by atoms with van der Waals surface area (Å²) in [6.07, 6.45) is 2.64. The fourth-order valence-corrected chi connectivity index (χ4v) is 4.95. The summed E-state index contributed by atoms with van der Waals surface area (Å²) in [4.78, 5) is 14.7. The highest BCUT2D eigenvalue weighted by Crippen LogP contribution is 2.33. The lowest BCUT2D eigenvalue weighted by molar-refractivity contribution is -0.118. The summed E-state index contributed by atoms with van der Waals surface area (Å²) in [6, 6.07) is 12.8. The molecule has 156 valence electrons. The lowest BCUT2D eigenvalue weighted by Gasteiger charge is -2.25. The van der Waals surface area contributed by atoms with E-state index >= 15 is 0 Å². The van der Waals surface area contributed by atoms with Gasteiger partial charge in [0.05, 0.1) is 24.1 Å². The summed E-state index contributed by atoms with van der Waals surface area (Å²) in [5.41, 5.74) is 2.57. The third kappa shape index (κ3) is 4.67. The van der Waals surface area contributed by atoms with Gasteiger partial charge in [0.25, 0.3) is 0 Å². The van der Waals surface area contributed by atoms with Crippen molar-refractivity contribution in [2.45, 2.75) is 32.2 Å². The van der Waals surface area contributed by atoms with Gasteiger partial charge >= 0.3 is 0 Å². The molecule has 0 fully saturated rings. The van der Waals surface area contributed by atoms with Crippen LogP contribution < -0.4 is 13.9 Å². The molecule has 1 atom stereocenters. The molecule has 3 rings (SSSR count). The summed E-state index contributed by atoms with van der Waals surface area (Å²) in [7, 11) is -2.02. The van der Waals surface area contributed by atoms with Crippen molar-refractivity contribution in [2.75, 3.05) is 29.1 Å². The standard InChI is InChI=1S/C21H25ClN2O4S/c1-15-13-16-7-4-5-8-19(16)24(15)21(25)9-6-12-23(29(3,26)27)17-10-11-20(28-2)18(22)14-17/h4-5,7-8,10-11,14-15H,6,9,12-13H2,1-3H3/t15-/m1/s1. The number of carbonyl (C=O) groups excluding carboxylic acids is 1. The van der Waals surface area contributed by atoms with Gasteiger partial charge in [-0.1, -0.05) is 29.8 Å². The number of para-hydroxylation sites is 1. The van der Waals surface area contributed by atoms with Gasteiger partial charge in [-0.15, -0.1) is 0 Å². The maximum Gasteiger partial charge on any atom is 0.232 e. The molecule has 0 unspecified atom stereocenters. The first-order valence-corrected chi connectivity index (χ1v) is 11.7. The van der Waals surface area contributed by atoms with Gasteiger partial charge in [0, 0.05) is 24.7 Å². The molecule has 0 bridgehead atoms. The first-order valence-electron chi connectivity index (χ1n) is 9.43. The highest BCUT2D eigenvalue weighted by Gasteiger charge is 2.30. The van der Waals surface area contributed by atoms with E-state index in [0.29, 0.717) is 22.9 Å². The lowest BCUT2D eigenvalue weighted by Crippen LogP contribution is -2.37. The number of hydrogen-bond donors (Lipinski definition) is 0. The van der Waals surface area contributed by atoms with E-state index in [9.17, 15) is 13.2 Å². The maximum atomic E-state index is 12.8. The summed E-state index contributed by atoms with van der Waals surface area (Å²) >= 11 is 6.15. The zero-order valence-corrected chi connectivity index (χ0v) is 18.3. The van der Waals surface area contributed by atoms with Gasteiger partial charge < -0.3 is 9.64 Å². The smallest absolute Gasteiger partial charge is 0.232 e. The quantitative estimate of drug-likeness (QED) is 0.660. The number of nitrogens with zero attached hydrogens (tertiary/aromatic N) is 2. The number of fused-ring (bicyclic) bond motifs is 1. The molecule has 0 aliphatic carbocycles. The molecule has 1 aliphatic heterocycles. The Hall–Kier alpha value is -2.25. The molecule has 0 saturated carbocycles. The van der Waals surface area contributed by atoms with Crippen LogP contribution in [0.3, 0.4) is 0 Å². The second-order valence-corrected chi connectivity index (χ2v) is 9.52. The third-order valence-corrected chi connectivity index (χ3v) is 6.54. The molecule has 0 N–H and O–H groups in total. The van der Waals surface area contributed by atoms with E-state index in [1.807, 2.05) is 36.1 Å². The molecule has 2 aromatic rings. The Bertz CT molecular complexity index is 1010. The summed E-state index contributed by atoms with van der Waals surface area (Å²) in [6.45, 7) is 2.22. The number of carbonyl (C=O) groups is 1. The van der Waals surface area contributed by atoms with E-state index in [0.717, 1.165) is 18.4 Å². The minimum Gasteiger partial charge on any atom is -0.495 e. The normalized spacial score (nSPS) is 15.9. The van der Waals surface area contributed by atoms with Crippen LogP contribution >= 0.6 is 11.6 Å². The maximum absolute atomic E-state index is 12.8. The molecule has 1 amide bonds. The number of rotatable bonds is 7. The van der Waals surface area contributed by atoms with Gasteiger partial charge in [-0.05, 0) is 49.6 Å². The van der Waals surface area contributed by atoms with Crippen LogP contribution in [-0.4, -0.2) is 40.3 Å². The Morgan fingerprint density at radius 3 is 2.66 bits per heavy atom. The number of methoxy groups -OCH3 is 1. The Kier molecular flexibility index (Phi) is 6.39. The molecule has 1 aliphatic rings. The number of hydrogen-bond acceptors (Lipinski definition) is 4. The second kappa shape index (κ2) is 8.63. The van der Waals surface area contributed by atoms with Crippen molar-refractivity contribution in [1.29, 1.82) is 0 Å². The first kappa shape index (κ1) is 21.5. The van der Waals surface area contributed by atoms with Crippen LogP contribution in [-0.2, 0) is 21.2 Å². The van der Waals surface area contributed by atoms with E-state index in [4.69, 9.17) is 16.3 Å². The zero-order chi connectivity index (χ0) is 21.2. The topological polar surface area (TPSA) is 66.9 Å². The van der Waals surface area contributed by atoms with Gasteiger partial charge in [-0.25, -0.2) is 8.42 Å². The van der Waals surface area contributed by atoms with E-state index in [-0.39, 0.29) is 24.9 Å². The van der Waals surface area contributed by atoms with Crippen LogP contribution in [0, 0.1) is 0 Å². The van der Waals surface area contributed by atoms with Crippen LogP contribution in [0.1, 0.15) is 25.3 Å². The van der Waals surface area contributed by atoms with Crippen molar-refractivity contribution in [3.05, 3.63) is 53.1 Å². The average molecular weight is 437 g/mol. The van der Waals surface area contributed by atoms with Crippen LogP contribution in [0.25, 0.3) is 0 Å². The number of anilines is 2. The van der Waals surface area contributed by atoms with Crippen molar-refractivity contribution in [3.8, 4) is 5.75 Å². The van der Waals surface area contributed by atoms with Crippen molar-refractivity contribution in [2.24, 2.45) is 0 Å². The number of amides is 1. The Labute approximate surface area is 177 Å². The molecule has 8 heteroatoms. The number of benzene rings is 2. The van der Waals surface area contributed by atoms with Gasteiger partial charge in [-0.3, -0.25) is 9.10 Å². The number of ether oxygens (including phenoxy) is 1. The van der Waals surface area contributed by atoms with E-state index in [2.05, 4.69) is 0 Å².